The van der Waals surface area contributed by atoms with Gasteiger partial charge in [-0.25, -0.2) is 0 Å². The summed E-state index contributed by atoms with van der Waals surface area (Å²) < 4.78 is 0. The molecule has 1 aromatic rings. The van der Waals surface area contributed by atoms with Gasteiger partial charge in [0.1, 0.15) is 5.92 Å². The Hall–Kier alpha value is -2.10. The lowest BCUT2D eigenvalue weighted by atomic mass is 9.72. The van der Waals surface area contributed by atoms with Gasteiger partial charge in [0.05, 0.1) is 0 Å². The van der Waals surface area contributed by atoms with Crippen molar-refractivity contribution in [1.82, 2.24) is 0 Å². The zero-order valence-electron chi connectivity index (χ0n) is 17.1. The standard InChI is InChI=1S/C23H30O4/c1-6-8-17(24)22-14(4)10-13(3)21(15(22)5)16-11-19(26)23(20(27)12-16)18(25)9-7-2/h10,16,23H,6-9,11-12H2,1-5H3. The lowest BCUT2D eigenvalue weighted by Gasteiger charge is -2.29. The van der Waals surface area contributed by atoms with Crippen molar-refractivity contribution in [1.29, 1.82) is 0 Å². The molecule has 0 amide bonds. The Morgan fingerprint density at radius 3 is 2.00 bits per heavy atom. The molecule has 1 saturated carbocycles. The quantitative estimate of drug-likeness (QED) is 0.520. The molecule has 0 aromatic heterocycles. The first-order chi connectivity index (χ1) is 12.7. The molecule has 4 nitrogen and oxygen atoms in total. The van der Waals surface area contributed by atoms with Gasteiger partial charge < -0.3 is 0 Å². The van der Waals surface area contributed by atoms with E-state index in [1.54, 1.807) is 0 Å². The fraction of sp³-hybridized carbons (Fsp3) is 0.565. The maximum Gasteiger partial charge on any atom is 0.163 e. The molecular formula is C23H30O4. The van der Waals surface area contributed by atoms with E-state index in [1.807, 2.05) is 40.7 Å². The number of hydrogen-bond donors (Lipinski definition) is 0. The molecule has 2 rings (SSSR count). The predicted octanol–water partition coefficient (Wildman–Crippen LogP) is 4.60. The molecule has 0 spiro atoms. The zero-order chi connectivity index (χ0) is 20.3. The minimum atomic E-state index is -1.08. The first kappa shape index (κ1) is 21.2. The number of Topliss-reactive ketones (excluding diaryl/α,β-unsaturated/α-hetero) is 4. The summed E-state index contributed by atoms with van der Waals surface area (Å²) in [6.45, 7) is 9.66. The number of rotatable bonds is 7. The number of ketones is 4. The summed E-state index contributed by atoms with van der Waals surface area (Å²) in [5.41, 5.74) is 4.48. The van der Waals surface area contributed by atoms with Crippen molar-refractivity contribution in [2.75, 3.05) is 0 Å². The van der Waals surface area contributed by atoms with Crippen molar-refractivity contribution in [3.05, 3.63) is 33.9 Å². The van der Waals surface area contributed by atoms with Crippen LogP contribution in [0.2, 0.25) is 0 Å². The smallest absolute Gasteiger partial charge is 0.163 e. The number of carbonyl (C=O) groups excluding carboxylic acids is 4. The van der Waals surface area contributed by atoms with Crippen LogP contribution in [0.1, 0.15) is 90.9 Å². The largest absolute Gasteiger partial charge is 0.298 e. The van der Waals surface area contributed by atoms with Crippen LogP contribution in [0.3, 0.4) is 0 Å². The van der Waals surface area contributed by atoms with Gasteiger partial charge in [-0.3, -0.25) is 19.2 Å². The second-order valence-corrected chi connectivity index (χ2v) is 7.78. The van der Waals surface area contributed by atoms with E-state index in [1.165, 1.54) is 0 Å². The maximum absolute atomic E-state index is 12.6. The average molecular weight is 370 g/mol. The molecule has 4 heteroatoms. The van der Waals surface area contributed by atoms with Crippen LogP contribution in [0.5, 0.6) is 0 Å². The van der Waals surface area contributed by atoms with Gasteiger partial charge in [-0.1, -0.05) is 19.9 Å². The van der Waals surface area contributed by atoms with E-state index < -0.39 is 5.92 Å². The summed E-state index contributed by atoms with van der Waals surface area (Å²) in [6.07, 6.45) is 2.56. The summed E-state index contributed by atoms with van der Waals surface area (Å²) in [5.74, 6) is -2.00. The molecule has 27 heavy (non-hydrogen) atoms. The third kappa shape index (κ3) is 4.26. The van der Waals surface area contributed by atoms with Gasteiger partial charge in [-0.15, -0.1) is 0 Å². The molecule has 0 heterocycles. The Kier molecular flexibility index (Phi) is 6.85. The van der Waals surface area contributed by atoms with Crippen molar-refractivity contribution < 1.29 is 19.2 Å². The zero-order valence-corrected chi connectivity index (χ0v) is 17.1. The Bertz CT molecular complexity index is 770. The number of aryl methyl sites for hydroxylation is 2. The molecule has 0 bridgehead atoms. The first-order valence-corrected chi connectivity index (χ1v) is 9.94. The molecule has 0 saturated heterocycles. The molecule has 0 atom stereocenters. The summed E-state index contributed by atoms with van der Waals surface area (Å²) in [5, 5.41) is 0. The van der Waals surface area contributed by atoms with E-state index in [0.29, 0.717) is 12.8 Å². The summed E-state index contributed by atoms with van der Waals surface area (Å²) in [6, 6.07) is 1.98. The lowest BCUT2D eigenvalue weighted by Crippen LogP contribution is -2.38. The van der Waals surface area contributed by atoms with Crippen LogP contribution in [-0.4, -0.2) is 23.1 Å². The van der Waals surface area contributed by atoms with Gasteiger partial charge in [0.25, 0.3) is 0 Å². The molecule has 0 aliphatic heterocycles. The molecular weight excluding hydrogens is 340 g/mol. The summed E-state index contributed by atoms with van der Waals surface area (Å²) in [4.78, 5) is 50.0. The van der Waals surface area contributed by atoms with Gasteiger partial charge in [0.2, 0.25) is 0 Å². The van der Waals surface area contributed by atoms with Gasteiger partial charge >= 0.3 is 0 Å². The number of hydrogen-bond acceptors (Lipinski definition) is 4. The molecule has 1 aliphatic carbocycles. The molecule has 1 aliphatic rings. The van der Waals surface area contributed by atoms with Crippen LogP contribution in [0.25, 0.3) is 0 Å². The highest BCUT2D eigenvalue weighted by atomic mass is 16.2. The Labute approximate surface area is 161 Å². The molecule has 0 unspecified atom stereocenters. The number of carbonyl (C=O) groups is 4. The van der Waals surface area contributed by atoms with Crippen LogP contribution in [0.15, 0.2) is 6.07 Å². The Morgan fingerprint density at radius 2 is 1.48 bits per heavy atom. The van der Waals surface area contributed by atoms with Crippen molar-refractivity contribution in [2.24, 2.45) is 5.92 Å². The van der Waals surface area contributed by atoms with Crippen LogP contribution < -0.4 is 0 Å². The van der Waals surface area contributed by atoms with Gasteiger partial charge in [-0.05, 0) is 61.8 Å². The topological polar surface area (TPSA) is 68.3 Å². The lowest BCUT2D eigenvalue weighted by molar-refractivity contribution is -0.142. The van der Waals surface area contributed by atoms with Crippen LogP contribution in [-0.2, 0) is 14.4 Å². The highest BCUT2D eigenvalue weighted by Crippen LogP contribution is 2.38. The van der Waals surface area contributed by atoms with Crippen LogP contribution >= 0.6 is 0 Å². The number of benzene rings is 1. The summed E-state index contributed by atoms with van der Waals surface area (Å²) >= 11 is 0. The second kappa shape index (κ2) is 8.73. The maximum atomic E-state index is 12.6. The van der Waals surface area contributed by atoms with Crippen molar-refractivity contribution >= 4 is 23.1 Å². The van der Waals surface area contributed by atoms with E-state index in [4.69, 9.17) is 0 Å². The van der Waals surface area contributed by atoms with E-state index in [2.05, 4.69) is 0 Å². The monoisotopic (exact) mass is 370 g/mol. The highest BCUT2D eigenvalue weighted by molar-refractivity contribution is 6.21. The first-order valence-electron chi connectivity index (χ1n) is 9.94. The molecule has 0 N–H and O–H groups in total. The van der Waals surface area contributed by atoms with Crippen molar-refractivity contribution in [3.63, 3.8) is 0 Å². The molecule has 1 fully saturated rings. The summed E-state index contributed by atoms with van der Waals surface area (Å²) in [7, 11) is 0. The van der Waals surface area contributed by atoms with Crippen molar-refractivity contribution in [2.45, 2.75) is 79.1 Å². The molecule has 0 radical (unpaired) electrons. The molecule has 1 aromatic carbocycles. The van der Waals surface area contributed by atoms with E-state index in [-0.39, 0.29) is 48.3 Å². The highest BCUT2D eigenvalue weighted by Gasteiger charge is 2.40. The van der Waals surface area contributed by atoms with E-state index in [9.17, 15) is 19.2 Å². The fourth-order valence-corrected chi connectivity index (χ4v) is 4.54. The van der Waals surface area contributed by atoms with E-state index in [0.717, 1.165) is 34.2 Å². The third-order valence-corrected chi connectivity index (χ3v) is 5.55. The second-order valence-electron chi connectivity index (χ2n) is 7.78. The van der Waals surface area contributed by atoms with E-state index >= 15 is 0 Å². The SMILES string of the molecule is CCCC(=O)c1c(C)cc(C)c(C2CC(=O)C(C(=O)CCC)C(=O)C2)c1C. The third-order valence-electron chi connectivity index (χ3n) is 5.55. The Balaban J connectivity index is 2.41. The van der Waals surface area contributed by atoms with Gasteiger partial charge in [-0.2, -0.15) is 0 Å². The Morgan fingerprint density at radius 1 is 0.926 bits per heavy atom. The average Bonchev–Trinajstić information content (AvgIpc) is 2.54. The van der Waals surface area contributed by atoms with Gasteiger partial charge in [0, 0.05) is 31.2 Å². The minimum absolute atomic E-state index is 0.109. The van der Waals surface area contributed by atoms with Crippen molar-refractivity contribution in [3.8, 4) is 0 Å². The van der Waals surface area contributed by atoms with Crippen LogP contribution in [0, 0.1) is 26.7 Å². The predicted molar refractivity (Wildman–Crippen MR) is 105 cm³/mol. The molecule has 146 valence electrons. The van der Waals surface area contributed by atoms with Gasteiger partial charge in [0.15, 0.2) is 23.1 Å². The van der Waals surface area contributed by atoms with Crippen LogP contribution in [0.4, 0.5) is 0 Å². The normalized spacial score (nSPS) is 20.0. The fourth-order valence-electron chi connectivity index (χ4n) is 4.54. The minimum Gasteiger partial charge on any atom is -0.298 e.